The summed E-state index contributed by atoms with van der Waals surface area (Å²) >= 11 is 0. The number of benzene rings is 1. The van der Waals surface area contributed by atoms with Crippen molar-refractivity contribution in [1.82, 2.24) is 0 Å². The first-order valence-electron chi connectivity index (χ1n) is 8.41. The molecule has 0 saturated heterocycles. The first-order valence-corrected chi connectivity index (χ1v) is 8.41. The van der Waals surface area contributed by atoms with Crippen LogP contribution in [0, 0.1) is 25.7 Å². The maximum atomic E-state index is 6.49. The van der Waals surface area contributed by atoms with E-state index in [2.05, 4.69) is 39.0 Å². The quantitative estimate of drug-likeness (QED) is 0.821. The minimum Gasteiger partial charge on any atom is -0.327 e. The van der Waals surface area contributed by atoms with Crippen LogP contribution in [0.1, 0.15) is 62.1 Å². The molecule has 0 spiro atoms. The van der Waals surface area contributed by atoms with Gasteiger partial charge in [0.1, 0.15) is 0 Å². The number of rotatable bonds is 5. The molecule has 2 N–H and O–H groups in total. The second-order valence-electron chi connectivity index (χ2n) is 6.86. The molecule has 1 heteroatoms. The van der Waals surface area contributed by atoms with Crippen LogP contribution in [-0.2, 0) is 6.42 Å². The molecular formula is C19H31N. The Bertz CT molecular complexity index is 416. The maximum absolute atomic E-state index is 6.49. The second-order valence-corrected chi connectivity index (χ2v) is 6.86. The molecule has 20 heavy (non-hydrogen) atoms. The van der Waals surface area contributed by atoms with E-state index >= 15 is 0 Å². The Labute approximate surface area is 125 Å². The largest absolute Gasteiger partial charge is 0.327 e. The highest BCUT2D eigenvalue weighted by Crippen LogP contribution is 2.33. The first-order chi connectivity index (χ1) is 9.60. The zero-order valence-corrected chi connectivity index (χ0v) is 13.5. The van der Waals surface area contributed by atoms with E-state index in [4.69, 9.17) is 5.73 Å². The number of hydrogen-bond donors (Lipinski definition) is 1. The van der Waals surface area contributed by atoms with Gasteiger partial charge in [-0.25, -0.2) is 0 Å². The molecular weight excluding hydrogens is 242 g/mol. The summed E-state index contributed by atoms with van der Waals surface area (Å²) in [6.07, 6.45) is 9.29. The van der Waals surface area contributed by atoms with Crippen LogP contribution >= 0.6 is 0 Å². The average molecular weight is 273 g/mol. The van der Waals surface area contributed by atoms with Crippen LogP contribution in [0.25, 0.3) is 0 Å². The number of aryl methyl sites for hydroxylation is 2. The van der Waals surface area contributed by atoms with Gasteiger partial charge in [0.2, 0.25) is 0 Å². The van der Waals surface area contributed by atoms with Crippen molar-refractivity contribution in [3.8, 4) is 0 Å². The molecule has 0 bridgehead atoms. The molecule has 112 valence electrons. The summed E-state index contributed by atoms with van der Waals surface area (Å²) in [6, 6.07) is 7.15. The molecule has 1 saturated carbocycles. The van der Waals surface area contributed by atoms with Crippen molar-refractivity contribution in [3.05, 3.63) is 34.9 Å². The van der Waals surface area contributed by atoms with Crippen LogP contribution < -0.4 is 5.73 Å². The fourth-order valence-corrected chi connectivity index (χ4v) is 3.68. The summed E-state index contributed by atoms with van der Waals surface area (Å²) in [5.74, 6) is 1.72. The predicted molar refractivity (Wildman–Crippen MR) is 88.0 cm³/mol. The Morgan fingerprint density at radius 3 is 2.40 bits per heavy atom. The van der Waals surface area contributed by atoms with E-state index in [0.29, 0.717) is 6.04 Å². The van der Waals surface area contributed by atoms with Crippen LogP contribution in [0.2, 0.25) is 0 Å². The molecule has 1 atom stereocenters. The van der Waals surface area contributed by atoms with Gasteiger partial charge in [-0.1, -0.05) is 50.8 Å². The van der Waals surface area contributed by atoms with Crippen molar-refractivity contribution in [1.29, 1.82) is 0 Å². The molecule has 0 heterocycles. The Hall–Kier alpha value is -0.820. The molecule has 0 aliphatic heterocycles. The molecule has 2 rings (SSSR count). The number of hydrogen-bond acceptors (Lipinski definition) is 1. The zero-order valence-electron chi connectivity index (χ0n) is 13.5. The Morgan fingerprint density at radius 2 is 1.80 bits per heavy atom. The molecule has 1 fully saturated rings. The van der Waals surface area contributed by atoms with Gasteiger partial charge in [-0.15, -0.1) is 0 Å². The third kappa shape index (κ3) is 4.09. The predicted octanol–water partition coefficient (Wildman–Crippen LogP) is 4.78. The molecule has 0 aromatic heterocycles. The van der Waals surface area contributed by atoms with Crippen molar-refractivity contribution < 1.29 is 0 Å². The van der Waals surface area contributed by atoms with Gasteiger partial charge in [0.25, 0.3) is 0 Å². The van der Waals surface area contributed by atoms with Crippen molar-refractivity contribution in [2.45, 2.75) is 71.8 Å². The molecule has 1 aliphatic carbocycles. The lowest BCUT2D eigenvalue weighted by Crippen LogP contribution is -2.35. The van der Waals surface area contributed by atoms with E-state index in [0.717, 1.165) is 18.3 Å². The van der Waals surface area contributed by atoms with E-state index in [-0.39, 0.29) is 0 Å². The number of nitrogens with two attached hydrogens (primary N) is 1. The summed E-state index contributed by atoms with van der Waals surface area (Å²) in [5, 5.41) is 0. The lowest BCUT2D eigenvalue weighted by Gasteiger charge is -2.32. The van der Waals surface area contributed by atoms with E-state index in [1.165, 1.54) is 55.2 Å². The molecule has 1 aromatic rings. The van der Waals surface area contributed by atoms with Gasteiger partial charge in [0, 0.05) is 6.04 Å². The molecule has 1 aliphatic rings. The third-order valence-electron chi connectivity index (χ3n) is 5.24. The molecule has 0 amide bonds. The van der Waals surface area contributed by atoms with Gasteiger partial charge >= 0.3 is 0 Å². The third-order valence-corrected chi connectivity index (χ3v) is 5.24. The Balaban J connectivity index is 1.86. The van der Waals surface area contributed by atoms with E-state index < -0.39 is 0 Å². The van der Waals surface area contributed by atoms with E-state index in [1.54, 1.807) is 0 Å². The first kappa shape index (κ1) is 15.6. The van der Waals surface area contributed by atoms with Crippen LogP contribution in [0.4, 0.5) is 0 Å². The van der Waals surface area contributed by atoms with Crippen molar-refractivity contribution in [2.75, 3.05) is 0 Å². The average Bonchev–Trinajstić information content (AvgIpc) is 2.44. The van der Waals surface area contributed by atoms with Gasteiger partial charge in [-0.05, 0) is 61.6 Å². The molecule has 0 radical (unpaired) electrons. The van der Waals surface area contributed by atoms with Gasteiger partial charge in [-0.2, -0.15) is 0 Å². The normalized spacial score (nSPS) is 24.6. The zero-order chi connectivity index (χ0) is 14.5. The van der Waals surface area contributed by atoms with Crippen molar-refractivity contribution in [2.24, 2.45) is 17.6 Å². The van der Waals surface area contributed by atoms with Crippen LogP contribution in [0.5, 0.6) is 0 Å². The summed E-state index contributed by atoms with van der Waals surface area (Å²) in [7, 11) is 0. The van der Waals surface area contributed by atoms with E-state index in [1.807, 2.05) is 0 Å². The Morgan fingerprint density at radius 1 is 1.10 bits per heavy atom. The molecule has 1 aromatic carbocycles. The molecule has 1 unspecified atom stereocenters. The fourth-order valence-electron chi connectivity index (χ4n) is 3.68. The minimum atomic E-state index is 0.347. The van der Waals surface area contributed by atoms with Gasteiger partial charge in [0.15, 0.2) is 0 Å². The lowest BCUT2D eigenvalue weighted by molar-refractivity contribution is 0.232. The van der Waals surface area contributed by atoms with Crippen molar-refractivity contribution in [3.63, 3.8) is 0 Å². The smallest absolute Gasteiger partial charge is 0.0108 e. The standard InChI is InChI=1S/C19H31N/c1-4-5-16-8-10-18(11-9-16)19(20)13-17-7-6-14(2)15(3)12-17/h6-7,12,16,18-19H,4-5,8-11,13,20H2,1-3H3. The lowest BCUT2D eigenvalue weighted by atomic mass is 9.76. The van der Waals surface area contributed by atoms with Gasteiger partial charge in [-0.3, -0.25) is 0 Å². The monoisotopic (exact) mass is 273 g/mol. The second kappa shape index (κ2) is 7.26. The Kier molecular flexibility index (Phi) is 5.65. The van der Waals surface area contributed by atoms with E-state index in [9.17, 15) is 0 Å². The fraction of sp³-hybridized carbons (Fsp3) is 0.684. The topological polar surface area (TPSA) is 26.0 Å². The summed E-state index contributed by atoms with van der Waals surface area (Å²) in [4.78, 5) is 0. The van der Waals surface area contributed by atoms with Crippen LogP contribution in [0.15, 0.2) is 18.2 Å². The maximum Gasteiger partial charge on any atom is 0.0108 e. The van der Waals surface area contributed by atoms with Gasteiger partial charge < -0.3 is 5.73 Å². The minimum absolute atomic E-state index is 0.347. The highest BCUT2D eigenvalue weighted by Gasteiger charge is 2.25. The summed E-state index contributed by atoms with van der Waals surface area (Å²) < 4.78 is 0. The highest BCUT2D eigenvalue weighted by atomic mass is 14.6. The van der Waals surface area contributed by atoms with Crippen LogP contribution in [0.3, 0.4) is 0 Å². The summed E-state index contributed by atoms with van der Waals surface area (Å²) in [5.41, 5.74) is 10.7. The van der Waals surface area contributed by atoms with Crippen molar-refractivity contribution >= 4 is 0 Å². The highest BCUT2D eigenvalue weighted by molar-refractivity contribution is 5.30. The van der Waals surface area contributed by atoms with Crippen LogP contribution in [-0.4, -0.2) is 6.04 Å². The molecule has 1 nitrogen and oxygen atoms in total. The van der Waals surface area contributed by atoms with Gasteiger partial charge in [0.05, 0.1) is 0 Å². The summed E-state index contributed by atoms with van der Waals surface area (Å²) in [6.45, 7) is 6.67. The SMILES string of the molecule is CCCC1CCC(C(N)Cc2ccc(C)c(C)c2)CC1.